The third-order valence-electron chi connectivity index (χ3n) is 3.23. The number of hydrogen-bond acceptors (Lipinski definition) is 5. The molecule has 0 radical (unpaired) electrons. The first-order valence-electron chi connectivity index (χ1n) is 6.84. The van der Waals surface area contributed by atoms with Gasteiger partial charge in [-0.2, -0.15) is 11.8 Å². The lowest BCUT2D eigenvalue weighted by molar-refractivity contribution is 0.0771. The number of hydrogen-bond donors (Lipinski definition) is 1. The van der Waals surface area contributed by atoms with E-state index in [9.17, 15) is 4.79 Å². The second kappa shape index (κ2) is 6.58. The highest BCUT2D eigenvalue weighted by atomic mass is 32.2. The molecule has 0 atom stereocenters. The fourth-order valence-corrected chi connectivity index (χ4v) is 3.01. The molecule has 3 rings (SSSR count). The molecule has 1 aromatic heterocycles. The van der Waals surface area contributed by atoms with E-state index in [1.807, 2.05) is 47.0 Å². The van der Waals surface area contributed by atoms with Crippen molar-refractivity contribution in [3.63, 3.8) is 0 Å². The van der Waals surface area contributed by atoms with E-state index in [1.165, 1.54) is 0 Å². The van der Waals surface area contributed by atoms with Crippen molar-refractivity contribution in [2.45, 2.75) is 0 Å². The molecule has 2 aromatic rings. The Labute approximate surface area is 127 Å². The predicted molar refractivity (Wildman–Crippen MR) is 85.0 cm³/mol. The van der Waals surface area contributed by atoms with Crippen molar-refractivity contribution in [2.24, 2.45) is 0 Å². The topological polar surface area (TPSA) is 58.1 Å². The first-order chi connectivity index (χ1) is 10.3. The van der Waals surface area contributed by atoms with E-state index in [0.717, 1.165) is 30.3 Å². The van der Waals surface area contributed by atoms with E-state index >= 15 is 0 Å². The van der Waals surface area contributed by atoms with Crippen molar-refractivity contribution in [1.29, 1.82) is 0 Å². The highest BCUT2D eigenvalue weighted by Crippen LogP contribution is 2.14. The number of amides is 1. The monoisotopic (exact) mass is 300 g/mol. The summed E-state index contributed by atoms with van der Waals surface area (Å²) in [7, 11) is 0. The van der Waals surface area contributed by atoms with Crippen LogP contribution in [0.4, 0.5) is 11.6 Å². The predicted octanol–water partition coefficient (Wildman–Crippen LogP) is 2.41. The first kappa shape index (κ1) is 13.9. The maximum Gasteiger partial charge on any atom is 0.257 e. The normalized spacial score (nSPS) is 14.8. The maximum absolute atomic E-state index is 12.3. The van der Waals surface area contributed by atoms with Gasteiger partial charge in [0, 0.05) is 42.7 Å². The minimum absolute atomic E-state index is 0.0153. The molecule has 1 aliphatic heterocycles. The highest BCUT2D eigenvalue weighted by molar-refractivity contribution is 7.99. The molecule has 1 aromatic carbocycles. The molecule has 1 aliphatic rings. The average molecular weight is 300 g/mol. The molecule has 108 valence electrons. The Bertz CT molecular complexity index is 597. The van der Waals surface area contributed by atoms with Crippen LogP contribution in [0.15, 0.2) is 42.7 Å². The fourth-order valence-electron chi connectivity index (χ4n) is 2.10. The van der Waals surface area contributed by atoms with Crippen molar-refractivity contribution in [3.05, 3.63) is 48.3 Å². The molecule has 1 fully saturated rings. The van der Waals surface area contributed by atoms with Gasteiger partial charge in [0.1, 0.15) is 0 Å². The molecule has 0 bridgehead atoms. The number of nitrogens with one attached hydrogen (secondary N) is 1. The van der Waals surface area contributed by atoms with Crippen LogP contribution in [0.25, 0.3) is 0 Å². The molecule has 1 amide bonds. The number of rotatable bonds is 3. The summed E-state index contributed by atoms with van der Waals surface area (Å²) in [6, 6.07) is 9.70. The number of nitrogens with zero attached hydrogens (tertiary/aromatic N) is 3. The summed E-state index contributed by atoms with van der Waals surface area (Å²) in [4.78, 5) is 22.6. The second-order valence-corrected chi connectivity index (χ2v) is 5.92. The van der Waals surface area contributed by atoms with E-state index in [4.69, 9.17) is 0 Å². The number of thioether (sulfide) groups is 1. The van der Waals surface area contributed by atoms with Crippen LogP contribution in [0.2, 0.25) is 0 Å². The molecule has 0 saturated carbocycles. The van der Waals surface area contributed by atoms with E-state index in [-0.39, 0.29) is 5.91 Å². The average Bonchev–Trinajstić information content (AvgIpc) is 2.57. The molecule has 6 heteroatoms. The Morgan fingerprint density at radius 2 is 1.76 bits per heavy atom. The summed E-state index contributed by atoms with van der Waals surface area (Å²) in [6.45, 7) is 1.60. The minimum Gasteiger partial charge on any atom is -0.337 e. The Morgan fingerprint density at radius 1 is 1.10 bits per heavy atom. The largest absolute Gasteiger partial charge is 0.337 e. The number of carbonyl (C=O) groups excluding carboxylic acids is 1. The van der Waals surface area contributed by atoms with Gasteiger partial charge in [-0.3, -0.25) is 4.79 Å². The van der Waals surface area contributed by atoms with Gasteiger partial charge in [-0.25, -0.2) is 9.97 Å². The minimum atomic E-state index is 0.0153. The number of carbonyl (C=O) groups is 1. The highest BCUT2D eigenvalue weighted by Gasteiger charge is 2.18. The zero-order valence-corrected chi connectivity index (χ0v) is 12.3. The van der Waals surface area contributed by atoms with Gasteiger partial charge in [-0.15, -0.1) is 0 Å². The maximum atomic E-state index is 12.3. The Hall–Kier alpha value is -2.08. The first-order valence-corrected chi connectivity index (χ1v) is 7.99. The standard InChI is InChI=1S/C15H16N4OS/c20-14(19-6-8-21-9-7-19)12-10-16-15(17-11-12)18-13-4-2-1-3-5-13/h1-5,10-11H,6-9H2,(H,16,17,18). The SMILES string of the molecule is O=C(c1cnc(Nc2ccccc2)nc1)N1CCSCC1. The van der Waals surface area contributed by atoms with Gasteiger partial charge in [0.25, 0.3) is 5.91 Å². The van der Waals surface area contributed by atoms with Crippen LogP contribution in [-0.2, 0) is 0 Å². The summed E-state index contributed by atoms with van der Waals surface area (Å²) in [5.41, 5.74) is 1.46. The molecule has 5 nitrogen and oxygen atoms in total. The summed E-state index contributed by atoms with van der Waals surface area (Å²) < 4.78 is 0. The molecule has 1 saturated heterocycles. The van der Waals surface area contributed by atoms with Gasteiger partial charge in [0.05, 0.1) is 5.56 Å². The van der Waals surface area contributed by atoms with Gasteiger partial charge in [-0.05, 0) is 12.1 Å². The van der Waals surface area contributed by atoms with Crippen LogP contribution < -0.4 is 5.32 Å². The van der Waals surface area contributed by atoms with E-state index in [2.05, 4.69) is 15.3 Å². The quantitative estimate of drug-likeness (QED) is 0.943. The lowest BCUT2D eigenvalue weighted by Crippen LogP contribution is -2.38. The van der Waals surface area contributed by atoms with Gasteiger partial charge in [0.15, 0.2) is 0 Å². The Morgan fingerprint density at radius 3 is 2.43 bits per heavy atom. The molecule has 2 heterocycles. The smallest absolute Gasteiger partial charge is 0.257 e. The van der Waals surface area contributed by atoms with Gasteiger partial charge < -0.3 is 10.2 Å². The summed E-state index contributed by atoms with van der Waals surface area (Å²) >= 11 is 1.88. The van der Waals surface area contributed by atoms with Gasteiger partial charge in [0.2, 0.25) is 5.95 Å². The molecular weight excluding hydrogens is 284 g/mol. The van der Waals surface area contributed by atoms with Crippen LogP contribution in [0.3, 0.4) is 0 Å². The van der Waals surface area contributed by atoms with E-state index in [1.54, 1.807) is 12.4 Å². The van der Waals surface area contributed by atoms with E-state index in [0.29, 0.717) is 11.5 Å². The molecule has 0 unspecified atom stereocenters. The zero-order valence-electron chi connectivity index (χ0n) is 11.5. The number of benzene rings is 1. The fraction of sp³-hybridized carbons (Fsp3) is 0.267. The second-order valence-electron chi connectivity index (χ2n) is 4.69. The number of anilines is 2. The lowest BCUT2D eigenvalue weighted by atomic mass is 10.3. The van der Waals surface area contributed by atoms with Crippen molar-refractivity contribution < 1.29 is 4.79 Å². The lowest BCUT2D eigenvalue weighted by Gasteiger charge is -2.26. The number of aromatic nitrogens is 2. The van der Waals surface area contributed by atoms with E-state index < -0.39 is 0 Å². The van der Waals surface area contributed by atoms with Crippen LogP contribution in [0.5, 0.6) is 0 Å². The summed E-state index contributed by atoms with van der Waals surface area (Å²) in [5.74, 6) is 2.51. The van der Waals surface area contributed by atoms with Crippen LogP contribution >= 0.6 is 11.8 Å². The van der Waals surface area contributed by atoms with Crippen LogP contribution in [0.1, 0.15) is 10.4 Å². The van der Waals surface area contributed by atoms with Gasteiger partial charge in [-0.1, -0.05) is 18.2 Å². The van der Waals surface area contributed by atoms with Crippen molar-refractivity contribution in [1.82, 2.24) is 14.9 Å². The third kappa shape index (κ3) is 3.52. The summed E-state index contributed by atoms with van der Waals surface area (Å²) in [5, 5.41) is 3.10. The molecular formula is C15H16N4OS. The summed E-state index contributed by atoms with van der Waals surface area (Å²) in [6.07, 6.45) is 3.17. The van der Waals surface area contributed by atoms with Crippen LogP contribution in [-0.4, -0.2) is 45.4 Å². The van der Waals surface area contributed by atoms with Crippen molar-refractivity contribution in [3.8, 4) is 0 Å². The molecule has 1 N–H and O–H groups in total. The third-order valence-corrected chi connectivity index (χ3v) is 4.17. The van der Waals surface area contributed by atoms with Gasteiger partial charge >= 0.3 is 0 Å². The molecule has 21 heavy (non-hydrogen) atoms. The number of para-hydroxylation sites is 1. The Kier molecular flexibility index (Phi) is 4.35. The Balaban J connectivity index is 1.67. The van der Waals surface area contributed by atoms with Crippen LogP contribution in [0, 0.1) is 0 Å². The van der Waals surface area contributed by atoms with Crippen molar-refractivity contribution >= 4 is 29.3 Å². The molecule has 0 spiro atoms. The molecule has 0 aliphatic carbocycles. The zero-order chi connectivity index (χ0) is 14.5. The van der Waals surface area contributed by atoms with Crippen molar-refractivity contribution in [2.75, 3.05) is 29.9 Å².